The molecule has 5 heteroatoms. The quantitative estimate of drug-likeness (QED) is 0.0361. The molecule has 0 heterocycles. The molecule has 1 amide bonds. The Morgan fingerprint density at radius 2 is 0.642 bits per heavy atom. The zero-order valence-electron chi connectivity index (χ0n) is 45.0. The molecule has 0 aromatic heterocycles. The van der Waals surface area contributed by atoms with E-state index in [9.17, 15) is 20.1 Å². The lowest BCUT2D eigenvalue weighted by Gasteiger charge is -2.21. The average molecular weight is 941 g/mol. The van der Waals surface area contributed by atoms with E-state index in [4.69, 9.17) is 0 Å². The first-order valence-electron chi connectivity index (χ1n) is 29.9. The van der Waals surface area contributed by atoms with Crippen molar-refractivity contribution >= 4 is 5.91 Å². The van der Waals surface area contributed by atoms with Gasteiger partial charge in [-0.2, -0.15) is 0 Å². The van der Waals surface area contributed by atoms with E-state index in [0.717, 1.165) is 38.5 Å². The van der Waals surface area contributed by atoms with Crippen LogP contribution in [0.1, 0.15) is 316 Å². The minimum Gasteiger partial charge on any atom is -0.394 e. The van der Waals surface area contributed by atoms with Crippen LogP contribution in [0.3, 0.4) is 0 Å². The molecule has 0 aliphatic heterocycles. The highest BCUT2D eigenvalue weighted by Crippen LogP contribution is 2.17. The van der Waals surface area contributed by atoms with Crippen LogP contribution in [-0.4, -0.2) is 46.1 Å². The summed E-state index contributed by atoms with van der Waals surface area (Å²) in [4.78, 5) is 12.5. The summed E-state index contributed by atoms with van der Waals surface area (Å²) in [5.41, 5.74) is 0. The molecular formula is C62H117NO4. The van der Waals surface area contributed by atoms with Crippen molar-refractivity contribution in [1.82, 2.24) is 5.32 Å². The standard InChI is InChI=1S/C62H117NO4/c1-3-5-7-9-11-13-15-17-19-21-23-25-27-28-29-30-31-32-33-34-35-37-39-41-43-45-47-49-51-53-55-59(65)57-62(67)63-60(58-64)61(66)56-54-52-50-48-46-44-42-40-38-36-26-24-22-20-18-16-14-12-10-8-6-4-2/h28-29,38,40,46,48,54,56,59-61,64-66H,3-27,30-37,39,41-45,47,49-53,55,57-58H2,1-2H3,(H,63,67)/b29-28-,40-38+,48-46+,56-54+. The van der Waals surface area contributed by atoms with Gasteiger partial charge in [0.25, 0.3) is 0 Å². The summed E-state index contributed by atoms with van der Waals surface area (Å²) in [7, 11) is 0. The first-order valence-corrected chi connectivity index (χ1v) is 29.9. The molecule has 0 rings (SSSR count). The fraction of sp³-hybridized carbons (Fsp3) is 0.855. The number of amides is 1. The van der Waals surface area contributed by atoms with Gasteiger partial charge < -0.3 is 20.6 Å². The Balaban J connectivity index is 3.59. The predicted molar refractivity (Wildman–Crippen MR) is 296 cm³/mol. The Morgan fingerprint density at radius 3 is 0.955 bits per heavy atom. The van der Waals surface area contributed by atoms with Crippen LogP contribution in [0.5, 0.6) is 0 Å². The molecule has 5 nitrogen and oxygen atoms in total. The number of carbonyl (C=O) groups is 1. The van der Waals surface area contributed by atoms with Crippen LogP contribution in [0.25, 0.3) is 0 Å². The lowest BCUT2D eigenvalue weighted by Crippen LogP contribution is -2.45. The average Bonchev–Trinajstić information content (AvgIpc) is 3.32. The summed E-state index contributed by atoms with van der Waals surface area (Å²) >= 11 is 0. The second kappa shape index (κ2) is 56.9. The Kier molecular flexibility index (Phi) is 55.5. The summed E-state index contributed by atoms with van der Waals surface area (Å²) in [6.07, 6.45) is 76.0. The Hall–Kier alpha value is -1.69. The molecule has 0 aromatic carbocycles. The maximum Gasteiger partial charge on any atom is 0.222 e. The molecule has 0 bridgehead atoms. The summed E-state index contributed by atoms with van der Waals surface area (Å²) in [5.74, 6) is -0.326. The van der Waals surface area contributed by atoms with Crippen molar-refractivity contribution in [3.63, 3.8) is 0 Å². The summed E-state index contributed by atoms with van der Waals surface area (Å²) in [6.45, 7) is 4.23. The van der Waals surface area contributed by atoms with E-state index in [-0.39, 0.29) is 18.9 Å². The van der Waals surface area contributed by atoms with E-state index in [0.29, 0.717) is 6.42 Å². The number of unbranched alkanes of at least 4 members (excludes halogenated alkanes) is 40. The van der Waals surface area contributed by atoms with Gasteiger partial charge in [0.1, 0.15) is 0 Å². The molecule has 0 aliphatic rings. The van der Waals surface area contributed by atoms with Crippen LogP contribution in [0, 0.1) is 0 Å². The lowest BCUT2D eigenvalue weighted by atomic mass is 10.0. The van der Waals surface area contributed by atoms with Crippen LogP contribution < -0.4 is 5.32 Å². The minimum atomic E-state index is -0.962. The van der Waals surface area contributed by atoms with E-state index in [1.54, 1.807) is 6.08 Å². The van der Waals surface area contributed by atoms with Crippen molar-refractivity contribution in [3.05, 3.63) is 48.6 Å². The van der Waals surface area contributed by atoms with Gasteiger partial charge in [-0.05, 0) is 70.6 Å². The highest BCUT2D eigenvalue weighted by atomic mass is 16.3. The third-order valence-electron chi connectivity index (χ3n) is 13.8. The molecule has 394 valence electrons. The Labute approximate surface area is 418 Å². The highest BCUT2D eigenvalue weighted by molar-refractivity contribution is 5.76. The molecule has 4 N–H and O–H groups in total. The second-order valence-corrected chi connectivity index (χ2v) is 20.6. The van der Waals surface area contributed by atoms with Crippen LogP contribution >= 0.6 is 0 Å². The third-order valence-corrected chi connectivity index (χ3v) is 13.8. The molecule has 3 atom stereocenters. The summed E-state index contributed by atoms with van der Waals surface area (Å²) in [5, 5.41) is 33.5. The van der Waals surface area contributed by atoms with E-state index in [1.165, 1.54) is 250 Å². The zero-order valence-corrected chi connectivity index (χ0v) is 45.0. The SMILES string of the molecule is CCCCCCCCCCCCCC/C=C\CCCCCCCCCCCCCCCCC(O)CC(=O)NC(CO)C(O)/C=C/CC/C=C/CC/C=C/CCCCCCCCCCCCCC. The number of aliphatic hydroxyl groups excluding tert-OH is 3. The summed E-state index contributed by atoms with van der Waals surface area (Å²) in [6, 6.07) is -0.769. The number of carbonyl (C=O) groups excluding carboxylic acids is 1. The molecule has 0 saturated heterocycles. The van der Waals surface area contributed by atoms with Gasteiger partial charge in [0.15, 0.2) is 0 Å². The van der Waals surface area contributed by atoms with Gasteiger partial charge in [-0.25, -0.2) is 0 Å². The largest absolute Gasteiger partial charge is 0.394 e. The van der Waals surface area contributed by atoms with Crippen molar-refractivity contribution in [2.75, 3.05) is 6.61 Å². The van der Waals surface area contributed by atoms with Gasteiger partial charge >= 0.3 is 0 Å². The topological polar surface area (TPSA) is 89.8 Å². The molecule has 0 aliphatic carbocycles. The normalized spacial score (nSPS) is 13.6. The van der Waals surface area contributed by atoms with Gasteiger partial charge in [0.05, 0.1) is 31.3 Å². The first-order chi connectivity index (χ1) is 33.0. The van der Waals surface area contributed by atoms with Gasteiger partial charge in [-0.1, -0.05) is 287 Å². The van der Waals surface area contributed by atoms with Crippen LogP contribution in [0.4, 0.5) is 0 Å². The predicted octanol–water partition coefficient (Wildman–Crippen LogP) is 18.8. The molecule has 0 radical (unpaired) electrons. The maximum atomic E-state index is 12.5. The van der Waals surface area contributed by atoms with Gasteiger partial charge in [0.2, 0.25) is 5.91 Å². The fourth-order valence-corrected chi connectivity index (χ4v) is 9.25. The van der Waals surface area contributed by atoms with Crippen molar-refractivity contribution in [2.45, 2.75) is 334 Å². The van der Waals surface area contributed by atoms with E-state index in [1.807, 2.05) is 6.08 Å². The van der Waals surface area contributed by atoms with Gasteiger partial charge in [-0.15, -0.1) is 0 Å². The van der Waals surface area contributed by atoms with Gasteiger partial charge in [0, 0.05) is 0 Å². The van der Waals surface area contributed by atoms with E-state index < -0.39 is 18.2 Å². The molecule has 0 fully saturated rings. The molecular weight excluding hydrogens is 823 g/mol. The van der Waals surface area contributed by atoms with Crippen molar-refractivity contribution in [1.29, 1.82) is 0 Å². The second-order valence-electron chi connectivity index (χ2n) is 20.6. The van der Waals surface area contributed by atoms with Gasteiger partial charge in [-0.3, -0.25) is 4.79 Å². The van der Waals surface area contributed by atoms with Crippen LogP contribution in [0.2, 0.25) is 0 Å². The third kappa shape index (κ3) is 53.5. The number of aliphatic hydroxyl groups is 3. The molecule has 0 saturated carbocycles. The van der Waals surface area contributed by atoms with Crippen LogP contribution in [0.15, 0.2) is 48.6 Å². The zero-order chi connectivity index (χ0) is 48.6. The number of hydrogen-bond acceptors (Lipinski definition) is 4. The van der Waals surface area contributed by atoms with Crippen molar-refractivity contribution in [3.8, 4) is 0 Å². The number of nitrogens with one attached hydrogen (secondary N) is 1. The number of rotatable bonds is 55. The van der Waals surface area contributed by atoms with E-state index in [2.05, 4.69) is 55.6 Å². The number of allylic oxidation sites excluding steroid dienone is 7. The number of hydrogen-bond donors (Lipinski definition) is 4. The van der Waals surface area contributed by atoms with E-state index >= 15 is 0 Å². The molecule has 67 heavy (non-hydrogen) atoms. The highest BCUT2D eigenvalue weighted by Gasteiger charge is 2.20. The van der Waals surface area contributed by atoms with Crippen LogP contribution in [-0.2, 0) is 4.79 Å². The van der Waals surface area contributed by atoms with Crippen molar-refractivity contribution < 1.29 is 20.1 Å². The molecule has 0 aromatic rings. The first kappa shape index (κ1) is 65.3. The minimum absolute atomic E-state index is 0.00320. The van der Waals surface area contributed by atoms with Crippen molar-refractivity contribution in [2.24, 2.45) is 0 Å². The molecule has 3 unspecified atom stereocenters. The maximum absolute atomic E-state index is 12.5. The monoisotopic (exact) mass is 940 g/mol. The smallest absolute Gasteiger partial charge is 0.222 e. The summed E-state index contributed by atoms with van der Waals surface area (Å²) < 4.78 is 0. The Bertz CT molecular complexity index is 1080. The lowest BCUT2D eigenvalue weighted by molar-refractivity contribution is -0.124. The fourth-order valence-electron chi connectivity index (χ4n) is 9.25. The molecule has 0 spiro atoms. The Morgan fingerprint density at radius 1 is 0.373 bits per heavy atom.